The predicted octanol–water partition coefficient (Wildman–Crippen LogP) is 1.83. The quantitative estimate of drug-likeness (QED) is 0.615. The zero-order valence-electron chi connectivity index (χ0n) is 8.59. The van der Waals surface area contributed by atoms with Crippen LogP contribution in [0.5, 0.6) is 0 Å². The average molecular weight is 217 g/mol. The van der Waals surface area contributed by atoms with Crippen molar-refractivity contribution in [3.63, 3.8) is 0 Å². The molecular formula is C11H11N3O2. The standard InChI is InChI=1S/C11H11N3O2/c12-6-2-1-3-10-5-4-9(8-13)7-11(10)14(15)16/h1,3-5,7H,2,6,12H2. The van der Waals surface area contributed by atoms with Crippen molar-refractivity contribution in [3.8, 4) is 6.07 Å². The lowest BCUT2D eigenvalue weighted by molar-refractivity contribution is -0.385. The fourth-order valence-corrected chi connectivity index (χ4v) is 1.22. The minimum Gasteiger partial charge on any atom is -0.330 e. The maximum atomic E-state index is 10.8. The van der Waals surface area contributed by atoms with Crippen LogP contribution in [0.3, 0.4) is 0 Å². The third-order valence-electron chi connectivity index (χ3n) is 1.99. The highest BCUT2D eigenvalue weighted by molar-refractivity contribution is 5.62. The van der Waals surface area contributed by atoms with Gasteiger partial charge in [0.25, 0.3) is 5.69 Å². The molecular weight excluding hydrogens is 206 g/mol. The molecule has 0 atom stereocenters. The normalized spacial score (nSPS) is 10.2. The molecule has 0 aliphatic heterocycles. The summed E-state index contributed by atoms with van der Waals surface area (Å²) in [4.78, 5) is 10.3. The van der Waals surface area contributed by atoms with Gasteiger partial charge in [0.15, 0.2) is 0 Å². The van der Waals surface area contributed by atoms with Gasteiger partial charge in [-0.05, 0) is 25.1 Å². The van der Waals surface area contributed by atoms with E-state index < -0.39 is 4.92 Å². The third-order valence-corrected chi connectivity index (χ3v) is 1.99. The number of hydrogen-bond donors (Lipinski definition) is 1. The Kier molecular flexibility index (Phi) is 4.18. The molecule has 0 amide bonds. The summed E-state index contributed by atoms with van der Waals surface area (Å²) in [6, 6.07) is 6.24. The molecule has 0 radical (unpaired) electrons. The number of rotatable bonds is 4. The van der Waals surface area contributed by atoms with Gasteiger partial charge in [0.1, 0.15) is 0 Å². The molecule has 1 aromatic rings. The van der Waals surface area contributed by atoms with Gasteiger partial charge >= 0.3 is 0 Å². The van der Waals surface area contributed by atoms with Crippen LogP contribution in [0, 0.1) is 21.4 Å². The van der Waals surface area contributed by atoms with E-state index in [4.69, 9.17) is 11.0 Å². The Hall–Kier alpha value is -2.19. The zero-order chi connectivity index (χ0) is 12.0. The van der Waals surface area contributed by atoms with Crippen molar-refractivity contribution in [2.75, 3.05) is 6.54 Å². The van der Waals surface area contributed by atoms with E-state index in [1.807, 2.05) is 6.07 Å². The van der Waals surface area contributed by atoms with E-state index >= 15 is 0 Å². The number of nitro benzene ring substituents is 1. The predicted molar refractivity (Wildman–Crippen MR) is 60.5 cm³/mol. The maximum absolute atomic E-state index is 10.8. The van der Waals surface area contributed by atoms with Crippen LogP contribution in [0.2, 0.25) is 0 Å². The van der Waals surface area contributed by atoms with Gasteiger partial charge in [-0.15, -0.1) is 0 Å². The zero-order valence-corrected chi connectivity index (χ0v) is 8.59. The van der Waals surface area contributed by atoms with Crippen molar-refractivity contribution in [2.45, 2.75) is 6.42 Å². The molecule has 0 heterocycles. The van der Waals surface area contributed by atoms with E-state index in [0.717, 1.165) is 0 Å². The lowest BCUT2D eigenvalue weighted by atomic mass is 10.1. The summed E-state index contributed by atoms with van der Waals surface area (Å²) in [5, 5.41) is 19.4. The number of nitriles is 1. The second-order valence-electron chi connectivity index (χ2n) is 3.12. The van der Waals surface area contributed by atoms with Crippen LogP contribution in [0.15, 0.2) is 24.3 Å². The van der Waals surface area contributed by atoms with Gasteiger partial charge in [0, 0.05) is 6.07 Å². The second-order valence-corrected chi connectivity index (χ2v) is 3.12. The van der Waals surface area contributed by atoms with E-state index in [-0.39, 0.29) is 11.3 Å². The van der Waals surface area contributed by atoms with Crippen molar-refractivity contribution >= 4 is 11.8 Å². The Bertz CT molecular complexity index is 461. The topological polar surface area (TPSA) is 93.0 Å². The first-order chi connectivity index (χ1) is 7.69. The van der Waals surface area contributed by atoms with Gasteiger partial charge in [0.05, 0.1) is 22.1 Å². The fraction of sp³-hybridized carbons (Fsp3) is 0.182. The Morgan fingerprint density at radius 3 is 2.88 bits per heavy atom. The molecule has 16 heavy (non-hydrogen) atoms. The van der Waals surface area contributed by atoms with Gasteiger partial charge in [0.2, 0.25) is 0 Å². The largest absolute Gasteiger partial charge is 0.330 e. The molecule has 1 aromatic carbocycles. The summed E-state index contributed by atoms with van der Waals surface area (Å²) in [5.41, 5.74) is 6.01. The van der Waals surface area contributed by atoms with Gasteiger partial charge in [-0.2, -0.15) is 5.26 Å². The number of nitrogens with zero attached hydrogens (tertiary/aromatic N) is 2. The van der Waals surface area contributed by atoms with Gasteiger partial charge < -0.3 is 5.73 Å². The van der Waals surface area contributed by atoms with Crippen LogP contribution in [0.4, 0.5) is 5.69 Å². The van der Waals surface area contributed by atoms with E-state index in [1.165, 1.54) is 6.07 Å². The maximum Gasteiger partial charge on any atom is 0.277 e. The van der Waals surface area contributed by atoms with E-state index in [9.17, 15) is 10.1 Å². The van der Waals surface area contributed by atoms with Gasteiger partial charge in [-0.25, -0.2) is 0 Å². The second kappa shape index (κ2) is 5.63. The Morgan fingerprint density at radius 1 is 1.56 bits per heavy atom. The number of benzene rings is 1. The van der Waals surface area contributed by atoms with Crippen LogP contribution in [-0.2, 0) is 0 Å². The molecule has 1 rings (SSSR count). The number of nitro groups is 1. The monoisotopic (exact) mass is 217 g/mol. The summed E-state index contributed by atoms with van der Waals surface area (Å²) < 4.78 is 0. The van der Waals surface area contributed by atoms with Crippen molar-refractivity contribution in [1.82, 2.24) is 0 Å². The van der Waals surface area contributed by atoms with Crippen molar-refractivity contribution in [1.29, 1.82) is 5.26 Å². The molecule has 0 saturated carbocycles. The summed E-state index contributed by atoms with van der Waals surface area (Å²) in [6.45, 7) is 0.501. The first-order valence-corrected chi connectivity index (χ1v) is 4.74. The Labute approximate surface area is 93.0 Å². The Balaban J connectivity index is 3.09. The lowest BCUT2D eigenvalue weighted by Gasteiger charge is -1.97. The Morgan fingerprint density at radius 2 is 2.31 bits per heavy atom. The minimum atomic E-state index is -0.497. The van der Waals surface area contributed by atoms with Crippen molar-refractivity contribution in [2.24, 2.45) is 5.73 Å². The van der Waals surface area contributed by atoms with E-state index in [0.29, 0.717) is 18.5 Å². The van der Waals surface area contributed by atoms with Crippen molar-refractivity contribution in [3.05, 3.63) is 45.5 Å². The smallest absolute Gasteiger partial charge is 0.277 e. The van der Waals surface area contributed by atoms with Crippen LogP contribution in [0.1, 0.15) is 17.5 Å². The molecule has 0 aliphatic rings. The van der Waals surface area contributed by atoms with Crippen LogP contribution in [-0.4, -0.2) is 11.5 Å². The molecule has 0 fully saturated rings. The fourth-order valence-electron chi connectivity index (χ4n) is 1.22. The highest BCUT2D eigenvalue weighted by Gasteiger charge is 2.11. The highest BCUT2D eigenvalue weighted by atomic mass is 16.6. The van der Waals surface area contributed by atoms with Gasteiger partial charge in [-0.3, -0.25) is 10.1 Å². The molecule has 0 saturated heterocycles. The molecule has 0 bridgehead atoms. The number of nitrogens with two attached hydrogens (primary N) is 1. The summed E-state index contributed by atoms with van der Waals surface area (Å²) in [6.07, 6.45) is 4.08. The van der Waals surface area contributed by atoms with Gasteiger partial charge in [-0.1, -0.05) is 12.2 Å². The average Bonchev–Trinajstić information content (AvgIpc) is 2.29. The molecule has 0 aromatic heterocycles. The molecule has 0 unspecified atom stereocenters. The summed E-state index contributed by atoms with van der Waals surface area (Å²) in [7, 11) is 0. The number of hydrogen-bond acceptors (Lipinski definition) is 4. The molecule has 5 heteroatoms. The molecule has 2 N–H and O–H groups in total. The van der Waals surface area contributed by atoms with Crippen molar-refractivity contribution < 1.29 is 4.92 Å². The molecule has 82 valence electrons. The minimum absolute atomic E-state index is 0.0627. The molecule has 5 nitrogen and oxygen atoms in total. The highest BCUT2D eigenvalue weighted by Crippen LogP contribution is 2.21. The first kappa shape index (κ1) is 11.9. The first-order valence-electron chi connectivity index (χ1n) is 4.74. The lowest BCUT2D eigenvalue weighted by Crippen LogP contribution is -1.95. The van der Waals surface area contributed by atoms with E-state index in [1.54, 1.807) is 24.3 Å². The molecule has 0 aliphatic carbocycles. The summed E-state index contributed by atoms with van der Waals surface area (Å²) >= 11 is 0. The molecule has 0 spiro atoms. The third kappa shape index (κ3) is 2.90. The van der Waals surface area contributed by atoms with Crippen LogP contribution >= 0.6 is 0 Å². The van der Waals surface area contributed by atoms with Crippen LogP contribution < -0.4 is 5.73 Å². The van der Waals surface area contributed by atoms with Crippen LogP contribution in [0.25, 0.3) is 6.08 Å². The summed E-state index contributed by atoms with van der Waals surface area (Å²) in [5.74, 6) is 0. The van der Waals surface area contributed by atoms with E-state index in [2.05, 4.69) is 0 Å². The SMILES string of the molecule is N#Cc1ccc(C=CCCN)c([N+](=O)[O-])c1.